The van der Waals surface area contributed by atoms with Gasteiger partial charge in [0.05, 0.1) is 16.9 Å². The second-order valence-electron chi connectivity index (χ2n) is 5.18. The van der Waals surface area contributed by atoms with Crippen molar-refractivity contribution in [2.75, 3.05) is 13.1 Å². The van der Waals surface area contributed by atoms with Gasteiger partial charge in [-0.2, -0.15) is 0 Å². The summed E-state index contributed by atoms with van der Waals surface area (Å²) in [6, 6.07) is 5.58. The van der Waals surface area contributed by atoms with Gasteiger partial charge in [0.2, 0.25) is 0 Å². The molecule has 0 saturated carbocycles. The summed E-state index contributed by atoms with van der Waals surface area (Å²) in [7, 11) is 1.72. The molecule has 5 heteroatoms. The lowest BCUT2D eigenvalue weighted by molar-refractivity contribution is 0.493. The summed E-state index contributed by atoms with van der Waals surface area (Å²) >= 11 is 0. The van der Waals surface area contributed by atoms with Crippen LogP contribution in [0.25, 0.3) is 10.9 Å². The summed E-state index contributed by atoms with van der Waals surface area (Å²) < 4.78 is 2.97. The number of aryl methyl sites for hydroxylation is 2. The maximum Gasteiger partial charge on any atom is 0.331 e. The zero-order chi connectivity index (χ0) is 13.6. The topological polar surface area (TPSA) is 56.0 Å². The van der Waals surface area contributed by atoms with E-state index in [1.807, 2.05) is 25.1 Å². The monoisotopic (exact) mass is 259 g/mol. The molecule has 0 radical (unpaired) electrons. The standard InChI is InChI=1S/C14H17N3O2/c1-9-3-4-12-11(7-9)13(18)17(14(19)16(12)2)10-5-6-15-8-10/h3-4,7,10,15H,5-6,8H2,1-2H3. The molecule has 100 valence electrons. The molecule has 0 aliphatic carbocycles. The van der Waals surface area contributed by atoms with Gasteiger partial charge >= 0.3 is 5.69 Å². The highest BCUT2D eigenvalue weighted by atomic mass is 16.2. The molecule has 1 aromatic heterocycles. The van der Waals surface area contributed by atoms with E-state index in [1.165, 1.54) is 4.57 Å². The summed E-state index contributed by atoms with van der Waals surface area (Å²) in [6.07, 6.45) is 0.826. The van der Waals surface area contributed by atoms with Crippen LogP contribution in [0.2, 0.25) is 0 Å². The molecule has 1 aliphatic heterocycles. The predicted octanol–water partition coefficient (Wildman–Crippen LogP) is 0.543. The van der Waals surface area contributed by atoms with E-state index in [-0.39, 0.29) is 17.3 Å². The Kier molecular flexibility index (Phi) is 2.78. The van der Waals surface area contributed by atoms with E-state index in [9.17, 15) is 9.59 Å². The Hall–Kier alpha value is -1.88. The fourth-order valence-corrected chi connectivity index (χ4v) is 2.78. The third-order valence-corrected chi connectivity index (χ3v) is 3.86. The smallest absolute Gasteiger partial charge is 0.315 e. The highest BCUT2D eigenvalue weighted by molar-refractivity contribution is 5.78. The van der Waals surface area contributed by atoms with E-state index in [2.05, 4.69) is 5.32 Å². The summed E-state index contributed by atoms with van der Waals surface area (Å²) in [5, 5.41) is 3.82. The number of aromatic nitrogens is 2. The van der Waals surface area contributed by atoms with Crippen LogP contribution in [0.1, 0.15) is 18.0 Å². The van der Waals surface area contributed by atoms with Crippen molar-refractivity contribution in [3.8, 4) is 0 Å². The molecule has 2 aromatic rings. The van der Waals surface area contributed by atoms with Crippen LogP contribution in [0.15, 0.2) is 27.8 Å². The van der Waals surface area contributed by atoms with Crippen LogP contribution in [0, 0.1) is 6.92 Å². The van der Waals surface area contributed by atoms with E-state index in [4.69, 9.17) is 0 Å². The molecule has 1 unspecified atom stereocenters. The summed E-state index contributed by atoms with van der Waals surface area (Å²) in [4.78, 5) is 24.9. The zero-order valence-electron chi connectivity index (χ0n) is 11.1. The molecule has 1 fully saturated rings. The minimum atomic E-state index is -0.227. The van der Waals surface area contributed by atoms with Crippen LogP contribution < -0.4 is 16.6 Å². The number of nitrogens with zero attached hydrogens (tertiary/aromatic N) is 2. The number of benzene rings is 1. The predicted molar refractivity (Wildman–Crippen MR) is 74.7 cm³/mol. The van der Waals surface area contributed by atoms with Crippen LogP contribution in [-0.4, -0.2) is 22.2 Å². The van der Waals surface area contributed by atoms with Crippen LogP contribution in [0.5, 0.6) is 0 Å². The molecule has 3 rings (SSSR count). The Labute approximate surface area is 110 Å². The molecule has 0 bridgehead atoms. The Bertz CT molecular complexity index is 752. The van der Waals surface area contributed by atoms with Gasteiger partial charge in [0.15, 0.2) is 0 Å². The van der Waals surface area contributed by atoms with Crippen LogP contribution in [-0.2, 0) is 7.05 Å². The van der Waals surface area contributed by atoms with Crippen LogP contribution >= 0.6 is 0 Å². The number of rotatable bonds is 1. The molecule has 5 nitrogen and oxygen atoms in total. The minimum absolute atomic E-state index is 0.0314. The maximum atomic E-state index is 12.6. The van der Waals surface area contributed by atoms with E-state index in [0.717, 1.165) is 18.5 Å². The van der Waals surface area contributed by atoms with Crippen molar-refractivity contribution in [1.82, 2.24) is 14.5 Å². The largest absolute Gasteiger partial charge is 0.331 e. The molecular formula is C14H17N3O2. The van der Waals surface area contributed by atoms with Gasteiger partial charge in [-0.1, -0.05) is 11.6 Å². The first-order valence-electron chi connectivity index (χ1n) is 6.52. The molecule has 1 aromatic carbocycles. The van der Waals surface area contributed by atoms with Crippen LogP contribution in [0.4, 0.5) is 0 Å². The number of nitrogens with one attached hydrogen (secondary N) is 1. The second kappa shape index (κ2) is 4.35. The van der Waals surface area contributed by atoms with Crippen molar-refractivity contribution in [3.05, 3.63) is 44.6 Å². The van der Waals surface area contributed by atoms with Gasteiger partial charge in [-0.15, -0.1) is 0 Å². The molecule has 0 amide bonds. The Balaban J connectivity index is 2.39. The van der Waals surface area contributed by atoms with Gasteiger partial charge in [-0.3, -0.25) is 13.9 Å². The van der Waals surface area contributed by atoms with Crippen molar-refractivity contribution in [1.29, 1.82) is 0 Å². The maximum absolute atomic E-state index is 12.6. The SMILES string of the molecule is Cc1ccc2c(c1)c(=O)n(C1CCNC1)c(=O)n2C. The van der Waals surface area contributed by atoms with Crippen molar-refractivity contribution >= 4 is 10.9 Å². The zero-order valence-corrected chi connectivity index (χ0v) is 11.1. The lowest BCUT2D eigenvalue weighted by atomic mass is 10.1. The number of fused-ring (bicyclic) bond motifs is 1. The molecule has 0 spiro atoms. The highest BCUT2D eigenvalue weighted by Gasteiger charge is 2.22. The lowest BCUT2D eigenvalue weighted by Gasteiger charge is -2.15. The van der Waals surface area contributed by atoms with Crippen molar-refractivity contribution in [2.24, 2.45) is 7.05 Å². The summed E-state index contributed by atoms with van der Waals surface area (Å²) in [5.41, 5.74) is 1.33. The summed E-state index contributed by atoms with van der Waals surface area (Å²) in [5.74, 6) is 0. The van der Waals surface area contributed by atoms with Crippen molar-refractivity contribution in [3.63, 3.8) is 0 Å². The lowest BCUT2D eigenvalue weighted by Crippen LogP contribution is -2.42. The van der Waals surface area contributed by atoms with Gasteiger partial charge in [0, 0.05) is 13.6 Å². The number of hydrogen-bond donors (Lipinski definition) is 1. The molecule has 1 N–H and O–H groups in total. The van der Waals surface area contributed by atoms with Crippen LogP contribution in [0.3, 0.4) is 0 Å². The first-order chi connectivity index (χ1) is 9.09. The van der Waals surface area contributed by atoms with Gasteiger partial charge in [-0.25, -0.2) is 4.79 Å². The quantitative estimate of drug-likeness (QED) is 0.813. The van der Waals surface area contributed by atoms with Gasteiger partial charge < -0.3 is 5.32 Å². The average Bonchev–Trinajstić information content (AvgIpc) is 2.90. The fourth-order valence-electron chi connectivity index (χ4n) is 2.78. The molecule has 2 heterocycles. The highest BCUT2D eigenvalue weighted by Crippen LogP contribution is 2.14. The Morgan fingerprint density at radius 3 is 2.79 bits per heavy atom. The Morgan fingerprint density at radius 1 is 1.32 bits per heavy atom. The first kappa shape index (κ1) is 12.2. The van der Waals surface area contributed by atoms with Gasteiger partial charge in [0.1, 0.15) is 0 Å². The molecule has 19 heavy (non-hydrogen) atoms. The fraction of sp³-hybridized carbons (Fsp3) is 0.429. The third kappa shape index (κ3) is 1.81. The molecule has 1 aliphatic rings. The summed E-state index contributed by atoms with van der Waals surface area (Å²) in [6.45, 7) is 3.49. The minimum Gasteiger partial charge on any atom is -0.315 e. The van der Waals surface area contributed by atoms with E-state index in [1.54, 1.807) is 11.6 Å². The van der Waals surface area contributed by atoms with Gasteiger partial charge in [-0.05, 0) is 32.0 Å². The Morgan fingerprint density at radius 2 is 2.11 bits per heavy atom. The second-order valence-corrected chi connectivity index (χ2v) is 5.18. The van der Waals surface area contributed by atoms with E-state index in [0.29, 0.717) is 17.4 Å². The number of hydrogen-bond acceptors (Lipinski definition) is 3. The molecule has 1 atom stereocenters. The normalized spacial score (nSPS) is 19.2. The van der Waals surface area contributed by atoms with E-state index < -0.39 is 0 Å². The van der Waals surface area contributed by atoms with Crippen molar-refractivity contribution in [2.45, 2.75) is 19.4 Å². The third-order valence-electron chi connectivity index (χ3n) is 3.86. The molecular weight excluding hydrogens is 242 g/mol. The van der Waals surface area contributed by atoms with Crippen molar-refractivity contribution < 1.29 is 0 Å². The van der Waals surface area contributed by atoms with E-state index >= 15 is 0 Å². The molecule has 1 saturated heterocycles. The first-order valence-corrected chi connectivity index (χ1v) is 6.52. The van der Waals surface area contributed by atoms with Gasteiger partial charge in [0.25, 0.3) is 5.56 Å². The average molecular weight is 259 g/mol.